The second-order valence-corrected chi connectivity index (χ2v) is 6.38. The Balaban J connectivity index is 3.13. The Morgan fingerprint density at radius 1 is 1.29 bits per heavy atom. The first-order chi connectivity index (χ1) is 9.75. The van der Waals surface area contributed by atoms with Crippen LogP contribution in [0.5, 0.6) is 0 Å². The maximum Gasteiger partial charge on any atom is 0.321 e. The molecule has 0 bridgehead atoms. The minimum absolute atomic E-state index is 0.0580. The molecular formula is C13H18N2O5S. The largest absolute Gasteiger partial charge is 0.480 e. The van der Waals surface area contributed by atoms with Gasteiger partial charge in [-0.3, -0.25) is 9.59 Å². The van der Waals surface area contributed by atoms with E-state index in [0.717, 1.165) is 4.31 Å². The van der Waals surface area contributed by atoms with Gasteiger partial charge in [-0.25, -0.2) is 8.42 Å². The van der Waals surface area contributed by atoms with Crippen LogP contribution < -0.4 is 5.32 Å². The number of likely N-dealkylation sites (N-methyl/N-ethyl adjacent to an activating group) is 1. The summed E-state index contributed by atoms with van der Waals surface area (Å²) < 4.78 is 25.5. The first-order valence-electron chi connectivity index (χ1n) is 6.28. The summed E-state index contributed by atoms with van der Waals surface area (Å²) in [5, 5.41) is 11.5. The number of benzene rings is 1. The minimum Gasteiger partial charge on any atom is -0.480 e. The van der Waals surface area contributed by atoms with Crippen molar-refractivity contribution in [2.24, 2.45) is 0 Å². The standard InChI is InChI=1S/C13H18N2O5S/c1-4-11(13(17)18)15(3)21(19,20)10-7-5-9(6-8-10)12(16)14-2/h5-8,11H,4H2,1-3H3,(H,14,16)(H,17,18). The number of hydrogen-bond acceptors (Lipinski definition) is 4. The Hall–Kier alpha value is -1.93. The fourth-order valence-corrected chi connectivity index (χ4v) is 3.23. The lowest BCUT2D eigenvalue weighted by Gasteiger charge is -2.23. The fourth-order valence-electron chi connectivity index (χ4n) is 1.84. The van der Waals surface area contributed by atoms with Crippen molar-refractivity contribution in [2.75, 3.05) is 14.1 Å². The molecule has 0 saturated carbocycles. The molecule has 8 heteroatoms. The zero-order valence-electron chi connectivity index (χ0n) is 12.0. The van der Waals surface area contributed by atoms with Crippen molar-refractivity contribution in [2.45, 2.75) is 24.3 Å². The van der Waals surface area contributed by atoms with Crippen LogP contribution in [0.1, 0.15) is 23.7 Å². The van der Waals surface area contributed by atoms with E-state index in [1.165, 1.54) is 38.4 Å². The van der Waals surface area contributed by atoms with Gasteiger partial charge in [-0.2, -0.15) is 4.31 Å². The van der Waals surface area contributed by atoms with E-state index in [0.29, 0.717) is 5.56 Å². The Morgan fingerprint density at radius 2 is 1.81 bits per heavy atom. The Kier molecular flexibility index (Phi) is 5.45. The van der Waals surface area contributed by atoms with E-state index in [2.05, 4.69) is 5.32 Å². The van der Waals surface area contributed by atoms with E-state index >= 15 is 0 Å². The molecule has 1 amide bonds. The second-order valence-electron chi connectivity index (χ2n) is 4.39. The first-order valence-corrected chi connectivity index (χ1v) is 7.72. The molecule has 21 heavy (non-hydrogen) atoms. The SMILES string of the molecule is CCC(C(=O)O)N(C)S(=O)(=O)c1ccc(C(=O)NC)cc1. The van der Waals surface area contributed by atoms with Gasteiger partial charge in [0.1, 0.15) is 6.04 Å². The van der Waals surface area contributed by atoms with E-state index < -0.39 is 22.0 Å². The molecular weight excluding hydrogens is 296 g/mol. The van der Waals surface area contributed by atoms with Gasteiger partial charge in [0.15, 0.2) is 0 Å². The predicted octanol–water partition coefficient (Wildman–Crippen LogP) is 0.530. The molecule has 0 aliphatic heterocycles. The number of carbonyl (C=O) groups excluding carboxylic acids is 1. The van der Waals surface area contributed by atoms with Crippen LogP contribution >= 0.6 is 0 Å². The number of sulfonamides is 1. The van der Waals surface area contributed by atoms with Crippen LogP contribution in [0.3, 0.4) is 0 Å². The molecule has 0 spiro atoms. The average molecular weight is 314 g/mol. The number of hydrogen-bond donors (Lipinski definition) is 2. The minimum atomic E-state index is -3.92. The maximum atomic E-state index is 12.3. The summed E-state index contributed by atoms with van der Waals surface area (Å²) in [6, 6.07) is 4.19. The quantitative estimate of drug-likeness (QED) is 0.797. The zero-order chi connectivity index (χ0) is 16.2. The highest BCUT2D eigenvalue weighted by atomic mass is 32.2. The summed E-state index contributed by atoms with van der Waals surface area (Å²) in [5.41, 5.74) is 0.323. The van der Waals surface area contributed by atoms with E-state index in [9.17, 15) is 18.0 Å². The van der Waals surface area contributed by atoms with Crippen molar-refractivity contribution >= 4 is 21.9 Å². The molecule has 2 N–H and O–H groups in total. The van der Waals surface area contributed by atoms with Crippen LogP contribution in [-0.2, 0) is 14.8 Å². The smallest absolute Gasteiger partial charge is 0.321 e. The van der Waals surface area contributed by atoms with Gasteiger partial charge in [-0.1, -0.05) is 6.92 Å². The lowest BCUT2D eigenvalue weighted by atomic mass is 10.2. The van der Waals surface area contributed by atoms with Crippen molar-refractivity contribution in [3.8, 4) is 0 Å². The topological polar surface area (TPSA) is 104 Å². The van der Waals surface area contributed by atoms with Crippen LogP contribution in [-0.4, -0.2) is 49.8 Å². The number of nitrogens with zero attached hydrogens (tertiary/aromatic N) is 1. The van der Waals surface area contributed by atoms with Crippen LogP contribution in [0.25, 0.3) is 0 Å². The van der Waals surface area contributed by atoms with E-state index in [1.54, 1.807) is 6.92 Å². The van der Waals surface area contributed by atoms with Crippen molar-refractivity contribution < 1.29 is 23.1 Å². The summed E-state index contributed by atoms with van der Waals surface area (Å²) in [5.74, 6) is -1.53. The third-order valence-corrected chi connectivity index (χ3v) is 5.01. The van der Waals surface area contributed by atoms with Crippen molar-refractivity contribution in [3.63, 3.8) is 0 Å². The number of amides is 1. The van der Waals surface area contributed by atoms with Crippen LogP contribution in [0, 0.1) is 0 Å². The third-order valence-electron chi connectivity index (χ3n) is 3.13. The highest BCUT2D eigenvalue weighted by Crippen LogP contribution is 2.18. The van der Waals surface area contributed by atoms with Gasteiger partial charge >= 0.3 is 5.97 Å². The molecule has 1 unspecified atom stereocenters. The molecule has 0 heterocycles. The molecule has 7 nitrogen and oxygen atoms in total. The van der Waals surface area contributed by atoms with Crippen molar-refractivity contribution in [3.05, 3.63) is 29.8 Å². The lowest BCUT2D eigenvalue weighted by Crippen LogP contribution is -2.41. The summed E-state index contributed by atoms with van der Waals surface area (Å²) in [4.78, 5) is 22.4. The molecule has 1 rings (SSSR count). The van der Waals surface area contributed by atoms with Gasteiger partial charge in [-0.05, 0) is 30.7 Å². The molecule has 1 atom stereocenters. The van der Waals surface area contributed by atoms with Gasteiger partial charge in [0, 0.05) is 19.7 Å². The fraction of sp³-hybridized carbons (Fsp3) is 0.385. The highest BCUT2D eigenvalue weighted by Gasteiger charge is 2.31. The Morgan fingerprint density at radius 3 is 2.19 bits per heavy atom. The lowest BCUT2D eigenvalue weighted by molar-refractivity contribution is -0.141. The molecule has 0 radical (unpaired) electrons. The van der Waals surface area contributed by atoms with E-state index in [4.69, 9.17) is 5.11 Å². The molecule has 1 aromatic carbocycles. The van der Waals surface area contributed by atoms with E-state index in [1.807, 2.05) is 0 Å². The van der Waals surface area contributed by atoms with E-state index in [-0.39, 0.29) is 17.2 Å². The Labute approximate surface area is 123 Å². The molecule has 1 aromatic rings. The highest BCUT2D eigenvalue weighted by molar-refractivity contribution is 7.89. The van der Waals surface area contributed by atoms with Gasteiger partial charge in [0.05, 0.1) is 4.90 Å². The summed E-state index contributed by atoms with van der Waals surface area (Å²) in [6.45, 7) is 1.60. The van der Waals surface area contributed by atoms with Gasteiger partial charge in [-0.15, -0.1) is 0 Å². The number of carboxylic acids is 1. The number of carbonyl (C=O) groups is 2. The molecule has 0 saturated heterocycles. The predicted molar refractivity (Wildman–Crippen MR) is 76.5 cm³/mol. The molecule has 0 aliphatic carbocycles. The zero-order valence-corrected chi connectivity index (χ0v) is 12.8. The first kappa shape index (κ1) is 17.1. The summed E-state index contributed by atoms with van der Waals surface area (Å²) >= 11 is 0. The average Bonchev–Trinajstić information content (AvgIpc) is 2.46. The summed E-state index contributed by atoms with van der Waals surface area (Å²) in [7, 11) is -1.23. The maximum absolute atomic E-state index is 12.3. The summed E-state index contributed by atoms with van der Waals surface area (Å²) in [6.07, 6.45) is 0.154. The number of rotatable bonds is 6. The van der Waals surface area contributed by atoms with Crippen molar-refractivity contribution in [1.82, 2.24) is 9.62 Å². The second kappa shape index (κ2) is 6.68. The van der Waals surface area contributed by atoms with Crippen LogP contribution in [0.4, 0.5) is 0 Å². The van der Waals surface area contributed by atoms with Crippen LogP contribution in [0.2, 0.25) is 0 Å². The van der Waals surface area contributed by atoms with Crippen molar-refractivity contribution in [1.29, 1.82) is 0 Å². The van der Waals surface area contributed by atoms with Gasteiger partial charge in [0.25, 0.3) is 5.91 Å². The monoisotopic (exact) mass is 314 g/mol. The molecule has 116 valence electrons. The Bertz CT molecular complexity index is 624. The number of carboxylic acid groups (broad SMARTS) is 1. The molecule has 0 aromatic heterocycles. The van der Waals surface area contributed by atoms with Crippen LogP contribution in [0.15, 0.2) is 29.2 Å². The molecule has 0 fully saturated rings. The number of aliphatic carboxylic acids is 1. The normalized spacial score (nSPS) is 13.0. The third kappa shape index (κ3) is 3.59. The van der Waals surface area contributed by atoms with Gasteiger partial charge in [0.2, 0.25) is 10.0 Å². The molecule has 0 aliphatic rings. The number of nitrogens with one attached hydrogen (secondary N) is 1. The van der Waals surface area contributed by atoms with Gasteiger partial charge < -0.3 is 10.4 Å².